The molecule has 0 atom stereocenters. The average Bonchev–Trinajstić information content (AvgIpc) is 3.13. The summed E-state index contributed by atoms with van der Waals surface area (Å²) in [5, 5.41) is 8.31. The summed E-state index contributed by atoms with van der Waals surface area (Å²) in [6, 6.07) is 36.0. The van der Waals surface area contributed by atoms with Crippen LogP contribution in [0.3, 0.4) is 0 Å². The van der Waals surface area contributed by atoms with Gasteiger partial charge in [-0.05, 0) is 93.1 Å². The SMILES string of the molecule is CCOC(=O)c1cccc(NC(=O)c2ccccc2C)c1.CCOC(=O)c1cccc(NC(=O)c2ccccc2NC(=O)c2ccccc2)c1. The van der Waals surface area contributed by atoms with Gasteiger partial charge in [-0.25, -0.2) is 9.59 Å². The predicted octanol–water partition coefficient (Wildman–Crippen LogP) is 7.79. The second-order valence-electron chi connectivity index (χ2n) is 10.7. The first-order valence-corrected chi connectivity index (χ1v) is 15.9. The van der Waals surface area contributed by atoms with Crippen LogP contribution in [0.15, 0.2) is 127 Å². The number of aryl methyl sites for hydroxylation is 1. The van der Waals surface area contributed by atoms with E-state index >= 15 is 0 Å². The fraction of sp³-hybridized carbons (Fsp3) is 0.125. The van der Waals surface area contributed by atoms with E-state index in [1.807, 2.05) is 31.2 Å². The van der Waals surface area contributed by atoms with Crippen LogP contribution in [0.25, 0.3) is 0 Å². The first-order valence-electron chi connectivity index (χ1n) is 15.9. The normalized spacial score (nSPS) is 10.1. The average molecular weight is 672 g/mol. The van der Waals surface area contributed by atoms with E-state index in [1.54, 1.807) is 117 Å². The number of ether oxygens (including phenoxy) is 2. The summed E-state index contributed by atoms with van der Waals surface area (Å²) in [6.45, 7) is 5.94. The molecule has 0 spiro atoms. The van der Waals surface area contributed by atoms with Crippen LogP contribution in [0.1, 0.15) is 71.2 Å². The lowest BCUT2D eigenvalue weighted by Crippen LogP contribution is -2.18. The van der Waals surface area contributed by atoms with Crippen molar-refractivity contribution in [3.05, 3.63) is 161 Å². The number of para-hydroxylation sites is 1. The van der Waals surface area contributed by atoms with E-state index in [0.717, 1.165) is 5.56 Å². The molecule has 254 valence electrons. The van der Waals surface area contributed by atoms with Gasteiger partial charge in [0.15, 0.2) is 0 Å². The molecule has 10 nitrogen and oxygen atoms in total. The Kier molecular flexibility index (Phi) is 13.1. The Morgan fingerprint density at radius 2 is 0.940 bits per heavy atom. The van der Waals surface area contributed by atoms with Crippen molar-refractivity contribution in [3.8, 4) is 0 Å². The van der Waals surface area contributed by atoms with Gasteiger partial charge in [-0.2, -0.15) is 0 Å². The van der Waals surface area contributed by atoms with Gasteiger partial charge in [0, 0.05) is 22.5 Å². The van der Waals surface area contributed by atoms with Gasteiger partial charge in [0.25, 0.3) is 17.7 Å². The largest absolute Gasteiger partial charge is 0.462 e. The molecule has 0 fully saturated rings. The summed E-state index contributed by atoms with van der Waals surface area (Å²) in [4.78, 5) is 61.0. The summed E-state index contributed by atoms with van der Waals surface area (Å²) in [5.74, 6) is -1.78. The van der Waals surface area contributed by atoms with Crippen molar-refractivity contribution in [2.24, 2.45) is 0 Å². The number of nitrogens with one attached hydrogen (secondary N) is 3. The van der Waals surface area contributed by atoms with Crippen LogP contribution in [-0.4, -0.2) is 42.9 Å². The first kappa shape index (κ1) is 36.3. The second kappa shape index (κ2) is 18.1. The predicted molar refractivity (Wildman–Crippen MR) is 193 cm³/mol. The molecule has 0 aliphatic rings. The van der Waals surface area contributed by atoms with Crippen molar-refractivity contribution in [2.45, 2.75) is 20.8 Å². The van der Waals surface area contributed by atoms with E-state index in [2.05, 4.69) is 16.0 Å². The molecular formula is C40H37N3O7. The van der Waals surface area contributed by atoms with Crippen molar-refractivity contribution in [1.82, 2.24) is 0 Å². The Hall–Kier alpha value is -6.55. The summed E-state index contributed by atoms with van der Waals surface area (Å²) >= 11 is 0. The van der Waals surface area contributed by atoms with Gasteiger partial charge in [0.05, 0.1) is 35.6 Å². The number of hydrogen-bond donors (Lipinski definition) is 3. The lowest BCUT2D eigenvalue weighted by atomic mass is 10.1. The van der Waals surface area contributed by atoms with E-state index in [-0.39, 0.29) is 18.4 Å². The molecule has 5 aromatic carbocycles. The number of hydrogen-bond acceptors (Lipinski definition) is 7. The Bertz CT molecular complexity index is 1980. The van der Waals surface area contributed by atoms with Crippen molar-refractivity contribution in [2.75, 3.05) is 29.2 Å². The number of anilines is 3. The topological polar surface area (TPSA) is 140 Å². The molecule has 0 saturated heterocycles. The van der Waals surface area contributed by atoms with Gasteiger partial charge in [-0.3, -0.25) is 14.4 Å². The van der Waals surface area contributed by atoms with Gasteiger partial charge in [-0.15, -0.1) is 0 Å². The third-order valence-electron chi connectivity index (χ3n) is 7.11. The lowest BCUT2D eigenvalue weighted by Gasteiger charge is -2.12. The Balaban J connectivity index is 0.000000237. The van der Waals surface area contributed by atoms with Gasteiger partial charge in [0.2, 0.25) is 0 Å². The molecule has 0 aromatic heterocycles. The fourth-order valence-electron chi connectivity index (χ4n) is 4.68. The number of amides is 3. The Morgan fingerprint density at radius 3 is 1.48 bits per heavy atom. The highest BCUT2D eigenvalue weighted by molar-refractivity contribution is 6.12. The molecule has 0 aliphatic carbocycles. The molecule has 0 saturated carbocycles. The highest BCUT2D eigenvalue weighted by Gasteiger charge is 2.16. The van der Waals surface area contributed by atoms with Crippen LogP contribution in [0, 0.1) is 6.92 Å². The molecule has 0 aliphatic heterocycles. The molecule has 0 bridgehead atoms. The minimum atomic E-state index is -0.459. The number of carbonyl (C=O) groups excluding carboxylic acids is 5. The zero-order valence-electron chi connectivity index (χ0n) is 27.9. The minimum Gasteiger partial charge on any atom is -0.462 e. The van der Waals surface area contributed by atoms with Gasteiger partial charge < -0.3 is 25.4 Å². The monoisotopic (exact) mass is 671 g/mol. The Morgan fingerprint density at radius 1 is 0.480 bits per heavy atom. The van der Waals surface area contributed by atoms with Crippen LogP contribution < -0.4 is 16.0 Å². The lowest BCUT2D eigenvalue weighted by molar-refractivity contribution is 0.0517. The van der Waals surface area contributed by atoms with Crippen LogP contribution >= 0.6 is 0 Å². The van der Waals surface area contributed by atoms with Gasteiger partial charge >= 0.3 is 11.9 Å². The third-order valence-corrected chi connectivity index (χ3v) is 7.11. The second-order valence-corrected chi connectivity index (χ2v) is 10.7. The number of benzene rings is 5. The molecule has 50 heavy (non-hydrogen) atoms. The summed E-state index contributed by atoms with van der Waals surface area (Å²) in [6.07, 6.45) is 0. The summed E-state index contributed by atoms with van der Waals surface area (Å²) in [5.41, 5.74) is 4.47. The number of rotatable bonds is 10. The summed E-state index contributed by atoms with van der Waals surface area (Å²) in [7, 11) is 0. The maximum absolute atomic E-state index is 12.8. The zero-order chi connectivity index (χ0) is 35.9. The Labute approximate surface area is 290 Å². The number of esters is 2. The van der Waals surface area contributed by atoms with Crippen molar-refractivity contribution < 1.29 is 33.4 Å². The highest BCUT2D eigenvalue weighted by Crippen LogP contribution is 2.20. The highest BCUT2D eigenvalue weighted by atomic mass is 16.5. The minimum absolute atomic E-state index is 0.200. The molecule has 0 unspecified atom stereocenters. The van der Waals surface area contributed by atoms with E-state index in [9.17, 15) is 24.0 Å². The molecule has 3 amide bonds. The van der Waals surface area contributed by atoms with E-state index < -0.39 is 17.8 Å². The standard InChI is InChI=1S/C23H20N2O4.C17H17NO3/c1-2-29-23(28)17-11-8-12-18(15-17)24-22(27)19-13-6-7-14-20(19)25-21(26)16-9-4-3-5-10-16;1-3-21-17(20)13-8-6-9-14(11-13)18-16(19)15-10-5-4-7-12(15)2/h3-15H,2H2,1H3,(H,24,27)(H,25,26);4-11H,3H2,1-2H3,(H,18,19). The van der Waals surface area contributed by atoms with E-state index in [1.165, 1.54) is 0 Å². The van der Waals surface area contributed by atoms with Crippen LogP contribution in [0.4, 0.5) is 17.1 Å². The molecule has 5 rings (SSSR count). The smallest absolute Gasteiger partial charge is 0.338 e. The van der Waals surface area contributed by atoms with E-state index in [0.29, 0.717) is 51.5 Å². The van der Waals surface area contributed by atoms with Gasteiger partial charge in [-0.1, -0.05) is 60.7 Å². The number of carbonyl (C=O) groups is 5. The van der Waals surface area contributed by atoms with Crippen LogP contribution in [0.5, 0.6) is 0 Å². The maximum atomic E-state index is 12.8. The van der Waals surface area contributed by atoms with Crippen molar-refractivity contribution in [3.63, 3.8) is 0 Å². The zero-order valence-corrected chi connectivity index (χ0v) is 27.9. The quantitative estimate of drug-likeness (QED) is 0.129. The molecule has 5 aromatic rings. The van der Waals surface area contributed by atoms with Crippen molar-refractivity contribution in [1.29, 1.82) is 0 Å². The molecule has 3 N–H and O–H groups in total. The first-order chi connectivity index (χ1) is 24.2. The van der Waals surface area contributed by atoms with Gasteiger partial charge in [0.1, 0.15) is 0 Å². The molecule has 0 heterocycles. The van der Waals surface area contributed by atoms with Crippen LogP contribution in [-0.2, 0) is 9.47 Å². The third kappa shape index (κ3) is 10.2. The molecule has 10 heteroatoms. The molecular weight excluding hydrogens is 634 g/mol. The summed E-state index contributed by atoms with van der Waals surface area (Å²) < 4.78 is 9.92. The maximum Gasteiger partial charge on any atom is 0.338 e. The fourth-order valence-corrected chi connectivity index (χ4v) is 4.68. The van der Waals surface area contributed by atoms with E-state index in [4.69, 9.17) is 9.47 Å². The van der Waals surface area contributed by atoms with Crippen molar-refractivity contribution >= 4 is 46.7 Å². The van der Waals surface area contributed by atoms with Crippen LogP contribution in [0.2, 0.25) is 0 Å². The molecule has 0 radical (unpaired) electrons.